The fraction of sp³-hybridized carbons (Fsp3) is 0.294. The number of halogens is 2. The van der Waals surface area contributed by atoms with Crippen LogP contribution < -0.4 is 4.72 Å². The van der Waals surface area contributed by atoms with E-state index in [0.29, 0.717) is 22.2 Å². The van der Waals surface area contributed by atoms with Crippen molar-refractivity contribution in [2.75, 3.05) is 6.54 Å². The van der Waals surface area contributed by atoms with Gasteiger partial charge in [0.2, 0.25) is 10.0 Å². The van der Waals surface area contributed by atoms with Gasteiger partial charge in [0.1, 0.15) is 0 Å². The van der Waals surface area contributed by atoms with Crippen molar-refractivity contribution < 1.29 is 8.42 Å². The van der Waals surface area contributed by atoms with E-state index in [0.717, 1.165) is 12.8 Å². The molecule has 0 bridgehead atoms. The molecule has 0 aliphatic carbocycles. The fourth-order valence-corrected chi connectivity index (χ4v) is 4.06. The number of aryl methyl sites for hydroxylation is 2. The standard InChI is InChI=1S/C17H19Cl2NO2S/c1-13-4-2-5-14(10-13)6-3-9-20-23(21,22)12-15-7-8-16(18)11-17(15)19/h2,4-5,7-8,10-11,20H,3,6,9,12H2,1H3. The maximum Gasteiger partial charge on any atom is 0.215 e. The van der Waals surface area contributed by atoms with Crippen LogP contribution in [0.1, 0.15) is 23.1 Å². The van der Waals surface area contributed by atoms with E-state index in [-0.39, 0.29) is 5.75 Å². The largest absolute Gasteiger partial charge is 0.215 e. The van der Waals surface area contributed by atoms with Crippen LogP contribution in [0.15, 0.2) is 42.5 Å². The molecule has 0 saturated carbocycles. The highest BCUT2D eigenvalue weighted by Gasteiger charge is 2.13. The third kappa shape index (κ3) is 6.15. The third-order valence-corrected chi connectivity index (χ3v) is 5.33. The molecular formula is C17H19Cl2NO2S. The summed E-state index contributed by atoms with van der Waals surface area (Å²) in [5.74, 6) is -0.145. The Hall–Kier alpha value is -1.07. The zero-order chi connectivity index (χ0) is 16.9. The second kappa shape index (κ2) is 8.15. The van der Waals surface area contributed by atoms with Gasteiger partial charge in [0.15, 0.2) is 0 Å². The van der Waals surface area contributed by atoms with E-state index in [4.69, 9.17) is 23.2 Å². The van der Waals surface area contributed by atoms with Crippen LogP contribution >= 0.6 is 23.2 Å². The van der Waals surface area contributed by atoms with Gasteiger partial charge in [0, 0.05) is 16.6 Å². The molecular weight excluding hydrogens is 353 g/mol. The number of hydrogen-bond donors (Lipinski definition) is 1. The highest BCUT2D eigenvalue weighted by atomic mass is 35.5. The van der Waals surface area contributed by atoms with Gasteiger partial charge < -0.3 is 0 Å². The van der Waals surface area contributed by atoms with Crippen molar-refractivity contribution in [2.45, 2.75) is 25.5 Å². The van der Waals surface area contributed by atoms with E-state index in [9.17, 15) is 8.42 Å². The molecule has 0 aliphatic heterocycles. The summed E-state index contributed by atoms with van der Waals surface area (Å²) in [6, 6.07) is 13.0. The van der Waals surface area contributed by atoms with Gasteiger partial charge in [-0.05, 0) is 43.0 Å². The van der Waals surface area contributed by atoms with Gasteiger partial charge in [-0.2, -0.15) is 0 Å². The minimum Gasteiger partial charge on any atom is -0.215 e. The predicted molar refractivity (Wildman–Crippen MR) is 96.6 cm³/mol. The summed E-state index contributed by atoms with van der Waals surface area (Å²) in [6.07, 6.45) is 1.59. The summed E-state index contributed by atoms with van der Waals surface area (Å²) in [5.41, 5.74) is 2.97. The molecule has 2 aromatic carbocycles. The smallest absolute Gasteiger partial charge is 0.215 e. The molecule has 0 aromatic heterocycles. The molecule has 0 unspecified atom stereocenters. The maximum atomic E-state index is 12.1. The molecule has 0 amide bonds. The summed E-state index contributed by atoms with van der Waals surface area (Å²) in [4.78, 5) is 0. The number of rotatable bonds is 7. The van der Waals surface area contributed by atoms with Crippen molar-refractivity contribution in [1.82, 2.24) is 4.72 Å². The van der Waals surface area contributed by atoms with Gasteiger partial charge in [0.05, 0.1) is 5.75 Å². The van der Waals surface area contributed by atoms with E-state index < -0.39 is 10.0 Å². The van der Waals surface area contributed by atoms with Gasteiger partial charge in [-0.1, -0.05) is 59.1 Å². The van der Waals surface area contributed by atoms with E-state index >= 15 is 0 Å². The minimum absolute atomic E-state index is 0.145. The molecule has 0 aliphatic rings. The zero-order valence-corrected chi connectivity index (χ0v) is 15.2. The van der Waals surface area contributed by atoms with Crippen LogP contribution in [0.5, 0.6) is 0 Å². The molecule has 124 valence electrons. The lowest BCUT2D eigenvalue weighted by atomic mass is 10.1. The number of nitrogens with one attached hydrogen (secondary N) is 1. The summed E-state index contributed by atoms with van der Waals surface area (Å²) < 4.78 is 26.8. The van der Waals surface area contributed by atoms with E-state index in [1.807, 2.05) is 19.1 Å². The molecule has 0 spiro atoms. The van der Waals surface area contributed by atoms with Crippen molar-refractivity contribution >= 4 is 33.2 Å². The molecule has 3 nitrogen and oxygen atoms in total. The molecule has 1 N–H and O–H groups in total. The highest BCUT2D eigenvalue weighted by Crippen LogP contribution is 2.22. The highest BCUT2D eigenvalue weighted by molar-refractivity contribution is 7.88. The Labute approximate surface area is 147 Å². The zero-order valence-electron chi connectivity index (χ0n) is 12.9. The van der Waals surface area contributed by atoms with Crippen molar-refractivity contribution in [2.24, 2.45) is 0 Å². The molecule has 2 aromatic rings. The quantitative estimate of drug-likeness (QED) is 0.735. The molecule has 6 heteroatoms. The van der Waals surface area contributed by atoms with Crippen molar-refractivity contribution in [3.05, 3.63) is 69.2 Å². The second-order valence-corrected chi connectivity index (χ2v) is 8.13. The summed E-state index contributed by atoms with van der Waals surface area (Å²) in [7, 11) is -3.41. The van der Waals surface area contributed by atoms with Crippen LogP contribution in [0.4, 0.5) is 0 Å². The Morgan fingerprint density at radius 1 is 1.09 bits per heavy atom. The summed E-state index contributed by atoms with van der Waals surface area (Å²) >= 11 is 11.8. The Balaban J connectivity index is 1.84. The lowest BCUT2D eigenvalue weighted by molar-refractivity contribution is 0.578. The molecule has 0 saturated heterocycles. The predicted octanol–water partition coefficient (Wildman–Crippen LogP) is 4.35. The second-order valence-electron chi connectivity index (χ2n) is 5.48. The first kappa shape index (κ1) is 18.3. The average Bonchev–Trinajstić information content (AvgIpc) is 2.47. The van der Waals surface area contributed by atoms with E-state index in [1.165, 1.54) is 11.1 Å². The number of sulfonamides is 1. The van der Waals surface area contributed by atoms with Crippen LogP contribution in [-0.4, -0.2) is 15.0 Å². The summed E-state index contributed by atoms with van der Waals surface area (Å²) in [6.45, 7) is 2.45. The van der Waals surface area contributed by atoms with Gasteiger partial charge in [0.25, 0.3) is 0 Å². The van der Waals surface area contributed by atoms with Crippen molar-refractivity contribution in [1.29, 1.82) is 0 Å². The first-order chi connectivity index (χ1) is 10.9. The van der Waals surface area contributed by atoms with Crippen LogP contribution in [0.2, 0.25) is 10.0 Å². The Morgan fingerprint density at radius 3 is 2.57 bits per heavy atom. The first-order valence-electron chi connectivity index (χ1n) is 7.32. The fourth-order valence-electron chi connectivity index (χ4n) is 2.28. The molecule has 0 radical (unpaired) electrons. The Bertz CT molecular complexity index is 776. The van der Waals surface area contributed by atoms with Gasteiger partial charge >= 0.3 is 0 Å². The molecule has 2 rings (SSSR count). The van der Waals surface area contributed by atoms with E-state index in [2.05, 4.69) is 16.9 Å². The monoisotopic (exact) mass is 371 g/mol. The molecule has 0 fully saturated rings. The van der Waals surface area contributed by atoms with Crippen LogP contribution in [0.25, 0.3) is 0 Å². The topological polar surface area (TPSA) is 46.2 Å². The van der Waals surface area contributed by atoms with Gasteiger partial charge in [-0.15, -0.1) is 0 Å². The van der Waals surface area contributed by atoms with Crippen molar-refractivity contribution in [3.63, 3.8) is 0 Å². The summed E-state index contributed by atoms with van der Waals surface area (Å²) in [5, 5.41) is 0.852. The Morgan fingerprint density at radius 2 is 1.87 bits per heavy atom. The molecule has 0 heterocycles. The average molecular weight is 372 g/mol. The normalized spacial score (nSPS) is 11.6. The number of benzene rings is 2. The molecule has 23 heavy (non-hydrogen) atoms. The first-order valence-corrected chi connectivity index (χ1v) is 9.73. The Kier molecular flexibility index (Phi) is 6.48. The van der Waals surface area contributed by atoms with Gasteiger partial charge in [-0.25, -0.2) is 13.1 Å². The maximum absolute atomic E-state index is 12.1. The third-order valence-electron chi connectivity index (χ3n) is 3.41. The van der Waals surface area contributed by atoms with Crippen LogP contribution in [0, 0.1) is 6.92 Å². The van der Waals surface area contributed by atoms with Crippen LogP contribution in [0.3, 0.4) is 0 Å². The minimum atomic E-state index is -3.41. The van der Waals surface area contributed by atoms with Gasteiger partial charge in [-0.3, -0.25) is 0 Å². The van der Waals surface area contributed by atoms with Crippen molar-refractivity contribution in [3.8, 4) is 0 Å². The SMILES string of the molecule is Cc1cccc(CCCNS(=O)(=O)Cc2ccc(Cl)cc2Cl)c1. The number of hydrogen-bond acceptors (Lipinski definition) is 2. The lowest BCUT2D eigenvalue weighted by Gasteiger charge is -2.09. The van der Waals surface area contributed by atoms with E-state index in [1.54, 1.807) is 18.2 Å². The molecule has 0 atom stereocenters. The lowest BCUT2D eigenvalue weighted by Crippen LogP contribution is -2.26. The van der Waals surface area contributed by atoms with Crippen LogP contribution in [-0.2, 0) is 22.2 Å².